The van der Waals surface area contributed by atoms with Crippen molar-refractivity contribution in [3.8, 4) is 11.3 Å². The summed E-state index contributed by atoms with van der Waals surface area (Å²) in [5.41, 5.74) is 5.06. The van der Waals surface area contributed by atoms with Gasteiger partial charge in [0, 0.05) is 42.5 Å². The smallest absolute Gasteiger partial charge is 0.321 e. The van der Waals surface area contributed by atoms with Gasteiger partial charge in [-0.15, -0.1) is 0 Å². The van der Waals surface area contributed by atoms with Gasteiger partial charge in [-0.3, -0.25) is 0 Å². The van der Waals surface area contributed by atoms with E-state index in [-0.39, 0.29) is 6.03 Å². The molecule has 0 atom stereocenters. The first-order valence-corrected chi connectivity index (χ1v) is 11.2. The molecule has 0 radical (unpaired) electrons. The molecule has 1 N–H and O–H groups in total. The molecule has 7 nitrogen and oxygen atoms in total. The first-order chi connectivity index (χ1) is 16.1. The summed E-state index contributed by atoms with van der Waals surface area (Å²) >= 11 is 6.39. The maximum absolute atomic E-state index is 12.7. The van der Waals surface area contributed by atoms with E-state index in [1.54, 1.807) is 6.33 Å². The highest BCUT2D eigenvalue weighted by molar-refractivity contribution is 6.33. The number of aromatic nitrogens is 3. The molecular weight excluding hydrogens is 436 g/mol. The van der Waals surface area contributed by atoms with Gasteiger partial charge in [0.2, 0.25) is 0 Å². The number of pyridine rings is 1. The van der Waals surface area contributed by atoms with Crippen molar-refractivity contribution in [3.63, 3.8) is 0 Å². The lowest BCUT2D eigenvalue weighted by atomic mass is 10.1. The van der Waals surface area contributed by atoms with Crippen LogP contribution in [0.25, 0.3) is 22.3 Å². The molecule has 166 valence electrons. The van der Waals surface area contributed by atoms with Gasteiger partial charge < -0.3 is 15.1 Å². The predicted molar refractivity (Wildman–Crippen MR) is 132 cm³/mol. The standard InChI is InChI=1S/C25H23ClN6O/c1-17-5-4-6-18(15-17)29-25(33)32-13-11-31(12-14-32)24-23-22(27-16-28-24)10-9-21(30-23)19-7-2-3-8-20(19)26/h2-10,15-16H,11-14H2,1H3,(H,29,33). The Morgan fingerprint density at radius 3 is 2.58 bits per heavy atom. The second kappa shape index (κ2) is 9.03. The Morgan fingerprint density at radius 2 is 1.79 bits per heavy atom. The minimum absolute atomic E-state index is 0.0908. The van der Waals surface area contributed by atoms with E-state index in [9.17, 15) is 4.79 Å². The lowest BCUT2D eigenvalue weighted by Gasteiger charge is -2.35. The molecule has 0 unspecified atom stereocenters. The molecular formula is C25H23ClN6O. The number of benzene rings is 2. The average Bonchev–Trinajstić information content (AvgIpc) is 2.84. The second-order valence-corrected chi connectivity index (χ2v) is 8.42. The van der Waals surface area contributed by atoms with Crippen LogP contribution in [0.15, 0.2) is 67.0 Å². The molecule has 3 heterocycles. The SMILES string of the molecule is Cc1cccc(NC(=O)N2CCN(c3ncnc4ccc(-c5ccccc5Cl)nc34)CC2)c1. The van der Waals surface area contributed by atoms with Crippen molar-refractivity contribution in [2.75, 3.05) is 36.4 Å². The summed E-state index contributed by atoms with van der Waals surface area (Å²) in [7, 11) is 0. The van der Waals surface area contributed by atoms with E-state index >= 15 is 0 Å². The van der Waals surface area contributed by atoms with Crippen LogP contribution in [-0.2, 0) is 0 Å². The fourth-order valence-electron chi connectivity index (χ4n) is 4.02. The van der Waals surface area contributed by atoms with Crippen molar-refractivity contribution < 1.29 is 4.79 Å². The summed E-state index contributed by atoms with van der Waals surface area (Å²) in [5, 5.41) is 3.63. The highest BCUT2D eigenvalue weighted by atomic mass is 35.5. The number of carbonyl (C=O) groups excluding carboxylic acids is 1. The van der Waals surface area contributed by atoms with Crippen molar-refractivity contribution in [2.45, 2.75) is 6.92 Å². The Bertz CT molecular complexity index is 1320. The van der Waals surface area contributed by atoms with E-state index in [4.69, 9.17) is 16.6 Å². The van der Waals surface area contributed by atoms with Crippen LogP contribution in [0.1, 0.15) is 5.56 Å². The van der Waals surface area contributed by atoms with E-state index in [1.807, 2.05) is 72.5 Å². The quantitative estimate of drug-likeness (QED) is 0.467. The Morgan fingerprint density at radius 1 is 0.970 bits per heavy atom. The van der Waals surface area contributed by atoms with Crippen LogP contribution in [0.2, 0.25) is 5.02 Å². The lowest BCUT2D eigenvalue weighted by molar-refractivity contribution is 0.208. The average molecular weight is 459 g/mol. The highest BCUT2D eigenvalue weighted by Crippen LogP contribution is 2.30. The maximum atomic E-state index is 12.7. The van der Waals surface area contributed by atoms with Crippen LogP contribution >= 0.6 is 11.6 Å². The number of piperazine rings is 1. The van der Waals surface area contributed by atoms with Gasteiger partial charge >= 0.3 is 6.03 Å². The number of rotatable bonds is 3. The van der Waals surface area contributed by atoms with Gasteiger partial charge in [-0.25, -0.2) is 19.7 Å². The Labute approximate surface area is 197 Å². The molecule has 1 aliphatic rings. The molecule has 1 saturated heterocycles. The van der Waals surface area contributed by atoms with Gasteiger partial charge in [0.15, 0.2) is 5.82 Å². The summed E-state index contributed by atoms with van der Waals surface area (Å²) in [6, 6.07) is 19.2. The summed E-state index contributed by atoms with van der Waals surface area (Å²) in [6.45, 7) is 4.50. The second-order valence-electron chi connectivity index (χ2n) is 8.02. The van der Waals surface area contributed by atoms with Crippen LogP contribution < -0.4 is 10.2 Å². The Hall–Kier alpha value is -3.71. The van der Waals surface area contributed by atoms with E-state index in [0.29, 0.717) is 31.2 Å². The molecule has 8 heteroatoms. The Kier molecular flexibility index (Phi) is 5.79. The number of hydrogen-bond acceptors (Lipinski definition) is 5. The molecule has 2 aromatic heterocycles. The van der Waals surface area contributed by atoms with Crippen molar-refractivity contribution in [2.24, 2.45) is 0 Å². The van der Waals surface area contributed by atoms with Gasteiger partial charge in [0.05, 0.1) is 11.2 Å². The molecule has 4 aromatic rings. The number of aryl methyl sites for hydroxylation is 1. The van der Waals surface area contributed by atoms with Gasteiger partial charge in [-0.2, -0.15) is 0 Å². The van der Waals surface area contributed by atoms with Gasteiger partial charge in [-0.05, 0) is 42.8 Å². The zero-order valence-electron chi connectivity index (χ0n) is 18.2. The van der Waals surface area contributed by atoms with Crippen LogP contribution in [0.4, 0.5) is 16.3 Å². The van der Waals surface area contributed by atoms with Gasteiger partial charge in [-0.1, -0.05) is 41.9 Å². The number of hydrogen-bond donors (Lipinski definition) is 1. The largest absolute Gasteiger partial charge is 0.351 e. The summed E-state index contributed by atoms with van der Waals surface area (Å²) in [6.07, 6.45) is 1.56. The summed E-state index contributed by atoms with van der Waals surface area (Å²) in [5.74, 6) is 0.771. The van der Waals surface area contributed by atoms with Crippen molar-refractivity contribution in [1.82, 2.24) is 19.9 Å². The molecule has 0 aliphatic carbocycles. The molecule has 1 aliphatic heterocycles. The van der Waals surface area contributed by atoms with Crippen molar-refractivity contribution in [1.29, 1.82) is 0 Å². The lowest BCUT2D eigenvalue weighted by Crippen LogP contribution is -2.50. The first kappa shape index (κ1) is 21.2. The topological polar surface area (TPSA) is 74.2 Å². The predicted octanol–water partition coefficient (Wildman–Crippen LogP) is 5.01. The molecule has 5 rings (SSSR count). The van der Waals surface area contributed by atoms with Crippen molar-refractivity contribution >= 4 is 40.2 Å². The minimum atomic E-state index is -0.0908. The highest BCUT2D eigenvalue weighted by Gasteiger charge is 2.24. The number of carbonyl (C=O) groups is 1. The molecule has 0 spiro atoms. The van der Waals surface area contributed by atoms with E-state index in [1.165, 1.54) is 0 Å². The monoisotopic (exact) mass is 458 g/mol. The number of nitrogens with one attached hydrogen (secondary N) is 1. The third-order valence-electron chi connectivity index (χ3n) is 5.75. The van der Waals surface area contributed by atoms with Crippen LogP contribution in [0.5, 0.6) is 0 Å². The zero-order chi connectivity index (χ0) is 22.8. The molecule has 2 aromatic carbocycles. The van der Waals surface area contributed by atoms with E-state index in [2.05, 4.69) is 20.2 Å². The first-order valence-electron chi connectivity index (χ1n) is 10.8. The third kappa shape index (κ3) is 4.45. The molecule has 0 saturated carbocycles. The van der Waals surface area contributed by atoms with Crippen LogP contribution in [0, 0.1) is 6.92 Å². The number of amides is 2. The number of anilines is 2. The number of halogens is 1. The molecule has 0 bridgehead atoms. The van der Waals surface area contributed by atoms with E-state index in [0.717, 1.165) is 39.4 Å². The van der Waals surface area contributed by atoms with E-state index < -0.39 is 0 Å². The van der Waals surface area contributed by atoms with Gasteiger partial charge in [0.25, 0.3) is 0 Å². The molecule has 2 amide bonds. The fourth-order valence-corrected chi connectivity index (χ4v) is 4.26. The molecule has 33 heavy (non-hydrogen) atoms. The van der Waals surface area contributed by atoms with Crippen LogP contribution in [0.3, 0.4) is 0 Å². The maximum Gasteiger partial charge on any atom is 0.321 e. The third-order valence-corrected chi connectivity index (χ3v) is 6.08. The molecule has 1 fully saturated rings. The number of urea groups is 1. The van der Waals surface area contributed by atoms with Crippen LogP contribution in [-0.4, -0.2) is 52.1 Å². The summed E-state index contributed by atoms with van der Waals surface area (Å²) < 4.78 is 0. The minimum Gasteiger partial charge on any atom is -0.351 e. The summed E-state index contributed by atoms with van der Waals surface area (Å²) in [4.78, 5) is 30.5. The number of fused-ring (bicyclic) bond motifs is 1. The Balaban J connectivity index is 1.34. The zero-order valence-corrected chi connectivity index (χ0v) is 19.0. The fraction of sp³-hybridized carbons (Fsp3) is 0.200. The normalized spacial score (nSPS) is 13.9. The van der Waals surface area contributed by atoms with Gasteiger partial charge in [0.1, 0.15) is 11.8 Å². The number of nitrogens with zero attached hydrogens (tertiary/aromatic N) is 5. The van der Waals surface area contributed by atoms with Crippen molar-refractivity contribution in [3.05, 3.63) is 77.6 Å².